The topological polar surface area (TPSA) is 79.0 Å². The number of amides is 2. The highest BCUT2D eigenvalue weighted by Gasteiger charge is 2.27. The number of halogens is 2. The molecule has 2 amide bonds. The summed E-state index contributed by atoms with van der Waals surface area (Å²) in [5.74, 6) is -1.34. The molecule has 29 heavy (non-hydrogen) atoms. The van der Waals surface area contributed by atoms with Crippen LogP contribution in [-0.2, 0) is 9.59 Å². The normalized spacial score (nSPS) is 19.0. The van der Waals surface area contributed by atoms with Gasteiger partial charge < -0.3 is 10.6 Å². The summed E-state index contributed by atoms with van der Waals surface area (Å²) in [5.41, 5.74) is 6.74. The fourth-order valence-electron chi connectivity index (χ4n) is 3.20. The molecule has 0 spiro atoms. The van der Waals surface area contributed by atoms with Crippen LogP contribution in [0.4, 0.5) is 14.5 Å². The Hall–Kier alpha value is -3.29. The minimum Gasteiger partial charge on any atom is -0.369 e. The van der Waals surface area contributed by atoms with Gasteiger partial charge in [0.05, 0.1) is 12.5 Å². The maximum Gasteiger partial charge on any atom is 0.231 e. The molecule has 1 saturated heterocycles. The second-order valence-corrected chi connectivity index (χ2v) is 6.81. The molecule has 6 nitrogen and oxygen atoms in total. The molecule has 1 fully saturated rings. The first kappa shape index (κ1) is 20.4. The molecule has 1 atom stereocenters. The lowest BCUT2D eigenvalue weighted by molar-refractivity contribution is -0.127. The van der Waals surface area contributed by atoms with E-state index in [1.165, 1.54) is 18.0 Å². The Morgan fingerprint density at radius 1 is 1.07 bits per heavy atom. The fourth-order valence-corrected chi connectivity index (χ4v) is 3.20. The number of guanidine groups is 1. The largest absolute Gasteiger partial charge is 0.369 e. The molecule has 2 aromatic rings. The minimum atomic E-state index is -0.719. The van der Waals surface area contributed by atoms with Gasteiger partial charge in [-0.3, -0.25) is 14.5 Å². The zero-order valence-corrected chi connectivity index (χ0v) is 16.0. The molecule has 2 heterocycles. The monoisotopic (exact) mass is 400 g/mol. The van der Waals surface area contributed by atoms with Crippen molar-refractivity contribution in [1.29, 1.82) is 0 Å². The number of benzene rings is 2. The fraction of sp³-hybridized carbons (Fsp3) is 0.286. The SMILES string of the molecule is CN1C(=O)CC(c2ccc(F)cc2F)N=C1N.O=C1CCCN1c1ccccc1. The van der Waals surface area contributed by atoms with E-state index in [0.717, 1.165) is 30.8 Å². The van der Waals surface area contributed by atoms with Crippen molar-refractivity contribution < 1.29 is 18.4 Å². The highest BCUT2D eigenvalue weighted by molar-refractivity contribution is 5.98. The third kappa shape index (κ3) is 4.77. The van der Waals surface area contributed by atoms with E-state index in [4.69, 9.17) is 5.73 Å². The van der Waals surface area contributed by atoms with Crippen LogP contribution in [0.25, 0.3) is 0 Å². The lowest BCUT2D eigenvalue weighted by Crippen LogP contribution is -2.42. The zero-order chi connectivity index (χ0) is 21.0. The van der Waals surface area contributed by atoms with Crippen molar-refractivity contribution in [3.8, 4) is 0 Å². The van der Waals surface area contributed by atoms with Crippen LogP contribution in [0.3, 0.4) is 0 Å². The lowest BCUT2D eigenvalue weighted by Gasteiger charge is -2.25. The van der Waals surface area contributed by atoms with E-state index in [1.54, 1.807) is 0 Å². The summed E-state index contributed by atoms with van der Waals surface area (Å²) in [4.78, 5) is 29.9. The van der Waals surface area contributed by atoms with E-state index in [2.05, 4.69) is 4.99 Å². The van der Waals surface area contributed by atoms with Crippen molar-refractivity contribution in [1.82, 2.24) is 4.90 Å². The maximum absolute atomic E-state index is 13.5. The van der Waals surface area contributed by atoms with Gasteiger partial charge in [0.2, 0.25) is 11.8 Å². The van der Waals surface area contributed by atoms with Crippen LogP contribution in [0.1, 0.15) is 30.9 Å². The number of nitrogens with two attached hydrogens (primary N) is 1. The van der Waals surface area contributed by atoms with Crippen molar-refractivity contribution in [2.24, 2.45) is 10.7 Å². The van der Waals surface area contributed by atoms with E-state index < -0.39 is 17.7 Å². The van der Waals surface area contributed by atoms with Crippen LogP contribution in [-0.4, -0.2) is 36.3 Å². The van der Waals surface area contributed by atoms with Crippen LogP contribution < -0.4 is 10.6 Å². The maximum atomic E-state index is 13.5. The second kappa shape index (κ2) is 8.81. The van der Waals surface area contributed by atoms with Crippen LogP contribution in [0.5, 0.6) is 0 Å². The summed E-state index contributed by atoms with van der Waals surface area (Å²) in [6, 6.07) is 12.3. The molecule has 0 radical (unpaired) electrons. The van der Waals surface area contributed by atoms with E-state index in [9.17, 15) is 18.4 Å². The molecule has 4 rings (SSSR count). The van der Waals surface area contributed by atoms with Crippen molar-refractivity contribution >= 4 is 23.5 Å². The van der Waals surface area contributed by atoms with E-state index in [0.29, 0.717) is 6.42 Å². The van der Waals surface area contributed by atoms with Gasteiger partial charge in [-0.1, -0.05) is 24.3 Å². The first-order chi connectivity index (χ1) is 13.9. The van der Waals surface area contributed by atoms with Crippen molar-refractivity contribution in [3.05, 3.63) is 65.7 Å². The molecule has 2 aromatic carbocycles. The quantitative estimate of drug-likeness (QED) is 0.842. The van der Waals surface area contributed by atoms with Gasteiger partial charge in [0.25, 0.3) is 0 Å². The summed E-state index contributed by atoms with van der Waals surface area (Å²) in [6.45, 7) is 0.878. The number of carbonyl (C=O) groups is 2. The van der Waals surface area contributed by atoms with E-state index in [1.807, 2.05) is 35.2 Å². The highest BCUT2D eigenvalue weighted by Crippen LogP contribution is 2.27. The summed E-state index contributed by atoms with van der Waals surface area (Å²) in [6.07, 6.45) is 1.72. The van der Waals surface area contributed by atoms with E-state index >= 15 is 0 Å². The van der Waals surface area contributed by atoms with Crippen LogP contribution in [0, 0.1) is 11.6 Å². The van der Waals surface area contributed by atoms with Crippen LogP contribution in [0.2, 0.25) is 0 Å². The number of anilines is 1. The van der Waals surface area contributed by atoms with Gasteiger partial charge in [-0.25, -0.2) is 13.8 Å². The zero-order valence-electron chi connectivity index (χ0n) is 16.0. The first-order valence-corrected chi connectivity index (χ1v) is 9.27. The molecule has 8 heteroatoms. The Balaban J connectivity index is 0.000000176. The minimum absolute atomic E-state index is 0.0275. The van der Waals surface area contributed by atoms with Gasteiger partial charge in [-0.15, -0.1) is 0 Å². The number of para-hydroxylation sites is 1. The molecule has 2 N–H and O–H groups in total. The van der Waals surface area contributed by atoms with Gasteiger partial charge in [0, 0.05) is 37.3 Å². The number of aliphatic imine (C=N–C) groups is 1. The Labute approximate surface area is 167 Å². The average molecular weight is 400 g/mol. The predicted molar refractivity (Wildman–Crippen MR) is 106 cm³/mol. The standard InChI is InChI=1S/C11H11F2N3O.C10H11NO/c1-16-10(17)5-9(15-11(16)14)7-3-2-6(12)4-8(7)13;12-10-7-4-8-11(10)9-5-2-1-3-6-9/h2-4,9H,5H2,1H3,(H2,14,15);1-3,5-6H,4,7-8H2. The number of nitrogens with zero attached hydrogens (tertiary/aromatic N) is 3. The Morgan fingerprint density at radius 3 is 2.38 bits per heavy atom. The van der Waals surface area contributed by atoms with Gasteiger partial charge in [-0.05, 0) is 24.6 Å². The molecular weight excluding hydrogens is 378 g/mol. The number of hydrogen-bond acceptors (Lipinski definition) is 4. The van der Waals surface area contributed by atoms with Gasteiger partial charge in [0.1, 0.15) is 11.6 Å². The summed E-state index contributed by atoms with van der Waals surface area (Å²) < 4.78 is 26.3. The van der Waals surface area contributed by atoms with Crippen molar-refractivity contribution in [3.63, 3.8) is 0 Å². The summed E-state index contributed by atoms with van der Waals surface area (Å²) >= 11 is 0. The molecule has 0 aromatic heterocycles. The Bertz CT molecular complexity index is 934. The predicted octanol–water partition coefficient (Wildman–Crippen LogP) is 3.00. The second-order valence-electron chi connectivity index (χ2n) is 6.81. The molecule has 152 valence electrons. The van der Waals surface area contributed by atoms with E-state index in [-0.39, 0.29) is 29.8 Å². The number of rotatable bonds is 2. The molecule has 1 unspecified atom stereocenters. The molecule has 2 aliphatic rings. The first-order valence-electron chi connectivity index (χ1n) is 9.27. The molecule has 0 saturated carbocycles. The Kier molecular flexibility index (Phi) is 6.21. The Morgan fingerprint density at radius 2 is 1.79 bits per heavy atom. The number of hydrogen-bond donors (Lipinski definition) is 1. The molecule has 0 bridgehead atoms. The van der Waals surface area contributed by atoms with Crippen molar-refractivity contribution in [2.45, 2.75) is 25.3 Å². The number of carbonyl (C=O) groups excluding carboxylic acids is 2. The van der Waals surface area contributed by atoms with Crippen LogP contribution in [0.15, 0.2) is 53.5 Å². The summed E-state index contributed by atoms with van der Waals surface area (Å²) in [5, 5.41) is 0. The van der Waals surface area contributed by atoms with Crippen molar-refractivity contribution in [2.75, 3.05) is 18.5 Å². The molecule has 2 aliphatic heterocycles. The van der Waals surface area contributed by atoms with Gasteiger partial charge in [0.15, 0.2) is 5.96 Å². The lowest BCUT2D eigenvalue weighted by atomic mass is 10.0. The molecule has 0 aliphatic carbocycles. The highest BCUT2D eigenvalue weighted by atomic mass is 19.1. The molecular formula is C21H22F2N4O2. The van der Waals surface area contributed by atoms with Gasteiger partial charge in [-0.2, -0.15) is 0 Å². The third-order valence-electron chi connectivity index (χ3n) is 4.84. The third-order valence-corrected chi connectivity index (χ3v) is 4.84. The average Bonchev–Trinajstić information content (AvgIpc) is 3.13. The summed E-state index contributed by atoms with van der Waals surface area (Å²) in [7, 11) is 1.50. The van der Waals surface area contributed by atoms with Gasteiger partial charge >= 0.3 is 0 Å². The smallest absolute Gasteiger partial charge is 0.231 e. The van der Waals surface area contributed by atoms with Crippen LogP contribution >= 0.6 is 0 Å².